The van der Waals surface area contributed by atoms with E-state index in [0.717, 1.165) is 59.4 Å². The number of amides is 2. The Hall–Kier alpha value is -2.76. The molecule has 3 aliphatic heterocycles. The predicted molar refractivity (Wildman–Crippen MR) is 188 cm³/mol. The number of hydrogen-bond donors (Lipinski definition) is 2. The van der Waals surface area contributed by atoms with Crippen LogP contribution in [0.15, 0.2) is 47.7 Å². The molecule has 5 rings (SSSR count). The van der Waals surface area contributed by atoms with Crippen LogP contribution < -0.4 is 15.5 Å². The van der Waals surface area contributed by atoms with Gasteiger partial charge in [-0.05, 0) is 36.5 Å². The molecule has 3 N–H and O–H groups in total. The van der Waals surface area contributed by atoms with Gasteiger partial charge in [0, 0.05) is 35.3 Å². The van der Waals surface area contributed by atoms with Crippen molar-refractivity contribution in [3.63, 3.8) is 0 Å². The number of benzene rings is 2. The van der Waals surface area contributed by atoms with E-state index in [9.17, 15) is 14.4 Å². The first-order valence-corrected chi connectivity index (χ1v) is 20.3. The Labute approximate surface area is 282 Å². The van der Waals surface area contributed by atoms with Gasteiger partial charge >= 0.3 is 5.97 Å². The Morgan fingerprint density at radius 2 is 1.83 bits per heavy atom. The molecule has 2 amide bonds. The number of primary amides is 1. The molecule has 0 bridgehead atoms. The number of β-lactam (4-membered cyclic amide) rings is 1. The number of hydrogen-bond acceptors (Lipinski definition) is 7. The van der Waals surface area contributed by atoms with Crippen LogP contribution in [0.5, 0.6) is 5.75 Å². The van der Waals surface area contributed by atoms with E-state index >= 15 is 0 Å². The minimum Gasteiger partial charge on any atom is -0.488 e. The van der Waals surface area contributed by atoms with Crippen molar-refractivity contribution in [3.05, 3.63) is 53.2 Å². The molecule has 2 saturated heterocycles. The molecule has 2 aromatic carbocycles. The molecule has 0 aromatic heterocycles. The number of nitrogens with two attached hydrogens (primary N) is 1. The normalized spacial score (nSPS) is 26.6. The summed E-state index contributed by atoms with van der Waals surface area (Å²) < 4.78 is 19.2. The van der Waals surface area contributed by atoms with Crippen LogP contribution in [0.4, 0.5) is 0 Å². The number of nitrogens with one attached hydrogen (secondary N) is 1. The summed E-state index contributed by atoms with van der Waals surface area (Å²) in [7, 11) is 5.11. The minimum atomic E-state index is -1.96. The second-order valence-corrected chi connectivity index (χ2v) is 19.0. The van der Waals surface area contributed by atoms with Crippen LogP contribution in [-0.2, 0) is 29.9 Å². The molecule has 0 aliphatic carbocycles. The van der Waals surface area contributed by atoms with Gasteiger partial charge in [-0.25, -0.2) is 4.79 Å². The fourth-order valence-corrected chi connectivity index (χ4v) is 11.5. The number of ether oxygens (including phenoxy) is 1. The highest BCUT2D eigenvalue weighted by atomic mass is 31.1. The van der Waals surface area contributed by atoms with Crippen molar-refractivity contribution in [2.45, 2.75) is 90.3 Å². The van der Waals surface area contributed by atoms with Gasteiger partial charge in [0.2, 0.25) is 5.91 Å². The topological polar surface area (TPSA) is 120 Å². The molecule has 47 heavy (non-hydrogen) atoms. The van der Waals surface area contributed by atoms with E-state index in [1.165, 1.54) is 0 Å². The summed E-state index contributed by atoms with van der Waals surface area (Å²) in [6, 6.07) is 14.6. The maximum absolute atomic E-state index is 13.7. The summed E-state index contributed by atoms with van der Waals surface area (Å²) in [5.41, 5.74) is 7.87. The van der Waals surface area contributed by atoms with E-state index in [1.807, 2.05) is 38.1 Å². The van der Waals surface area contributed by atoms with Gasteiger partial charge in [-0.3, -0.25) is 9.59 Å². The molecular formula is C34H49BN4O6PSi+. The number of fused-ring (bicyclic) bond motifs is 2. The lowest BCUT2D eigenvalue weighted by Gasteiger charge is -2.49. The van der Waals surface area contributed by atoms with Crippen molar-refractivity contribution in [1.29, 1.82) is 0 Å². The number of nitrogens with zero attached hydrogens (tertiary/aromatic N) is 2. The van der Waals surface area contributed by atoms with Gasteiger partial charge in [-0.2, -0.15) is 0 Å². The third-order valence-electron chi connectivity index (χ3n) is 11.2. The highest BCUT2D eigenvalue weighted by Gasteiger charge is 2.61. The lowest BCUT2D eigenvalue weighted by atomic mass is 9.78. The van der Waals surface area contributed by atoms with Crippen molar-refractivity contribution >= 4 is 53.8 Å². The van der Waals surface area contributed by atoms with Gasteiger partial charge in [0.05, 0.1) is 31.7 Å². The van der Waals surface area contributed by atoms with Crippen LogP contribution >= 0.6 is 8.96 Å². The van der Waals surface area contributed by atoms with Crippen molar-refractivity contribution in [3.8, 4) is 5.75 Å². The van der Waals surface area contributed by atoms with E-state index in [1.54, 1.807) is 4.90 Å². The molecule has 10 nitrogen and oxygen atoms in total. The monoisotopic (exact) mass is 679 g/mol. The predicted octanol–water partition coefficient (Wildman–Crippen LogP) is 4.68. The zero-order chi connectivity index (χ0) is 34.1. The summed E-state index contributed by atoms with van der Waals surface area (Å²) in [6.07, 6.45) is 1.51. The summed E-state index contributed by atoms with van der Waals surface area (Å²) in [6.45, 7) is 12.3. The number of likely N-dealkylation sites (N-methyl/N-ethyl adjacent to an activating group) is 1. The quantitative estimate of drug-likeness (QED) is 0.122. The minimum absolute atomic E-state index is 0.117. The van der Waals surface area contributed by atoms with Crippen LogP contribution in [0, 0.1) is 11.8 Å². The third kappa shape index (κ3) is 6.52. The highest BCUT2D eigenvalue weighted by molar-refractivity contribution is 7.32. The first kappa shape index (κ1) is 35.5. The van der Waals surface area contributed by atoms with Gasteiger partial charge in [0.1, 0.15) is 33.6 Å². The number of carbonyl (C=O) groups excluding carboxylic acids is 3. The molecule has 3 unspecified atom stereocenters. The first-order valence-electron chi connectivity index (χ1n) is 16.9. The molecule has 2 fully saturated rings. The van der Waals surface area contributed by atoms with Crippen molar-refractivity contribution in [2.24, 2.45) is 17.6 Å². The molecule has 252 valence electrons. The second-order valence-electron chi connectivity index (χ2n) is 13.6. The second kappa shape index (κ2) is 14.4. The Balaban J connectivity index is 1.42. The largest absolute Gasteiger partial charge is 0.488 e. The SMILES string of the molecule is [B]NPOC(=O)C1=C(COc2cccc3c(C[N+]4(C)CCC[C@@H]4C(N)=O)cccc23)[C@H](C)C2[C@@H]([C@@H](C)O[Si](CC)(CC)CC)C(=O)N12. The first-order chi connectivity index (χ1) is 22.5. The number of quaternary nitrogens is 1. The average Bonchev–Trinajstić information content (AvgIpc) is 3.56. The van der Waals surface area contributed by atoms with E-state index in [0.29, 0.717) is 16.8 Å². The van der Waals surface area contributed by atoms with E-state index in [-0.39, 0.29) is 54.1 Å². The maximum atomic E-state index is 13.7. The van der Waals surface area contributed by atoms with E-state index < -0.39 is 23.2 Å². The standard InChI is InChI=1S/C34H48BN4O6PSi/c1-7-47(8-2,9-3)45-22(5)29-30-21(4)26(31(38(30)33(29)41)34(42)44-46-37-35)20-43-28-17-11-14-24-23(13-10-15-25(24)28)19-39(6)18-12-16-27(39)32(36)40/h10-11,13-15,17,21-22,27,29-30,37,46H,7-9,12,16,18-20H2,1-6H3,(H-,36,40)/p+1/t21-,22+,27+,29+,30?,39?/m0/s1. The van der Waals surface area contributed by atoms with Gasteiger partial charge < -0.3 is 33.8 Å². The van der Waals surface area contributed by atoms with Crippen LogP contribution in [0.3, 0.4) is 0 Å². The molecule has 2 aromatic rings. The number of rotatable bonds is 15. The van der Waals surface area contributed by atoms with Gasteiger partial charge in [-0.1, -0.05) is 58.0 Å². The van der Waals surface area contributed by atoms with Crippen molar-refractivity contribution in [1.82, 2.24) is 9.90 Å². The fourth-order valence-electron chi connectivity index (χ4n) is 8.31. The number of likely N-dealkylation sites (tertiary alicyclic amines) is 1. The average molecular weight is 680 g/mol. The van der Waals surface area contributed by atoms with E-state index in [2.05, 4.69) is 44.9 Å². The van der Waals surface area contributed by atoms with Gasteiger partial charge in [0.15, 0.2) is 22.3 Å². The van der Waals surface area contributed by atoms with Crippen LogP contribution in [0.1, 0.15) is 53.0 Å². The third-order valence-corrected chi connectivity index (χ3v) is 16.3. The molecule has 3 heterocycles. The smallest absolute Gasteiger partial charge is 0.358 e. The maximum Gasteiger partial charge on any atom is 0.358 e. The summed E-state index contributed by atoms with van der Waals surface area (Å²) in [4.78, 5) is 43.4. The Bertz CT molecular complexity index is 1550. The molecule has 0 saturated carbocycles. The zero-order valence-corrected chi connectivity index (χ0v) is 30.5. The molecule has 13 heteroatoms. The van der Waals surface area contributed by atoms with Crippen molar-refractivity contribution < 1.29 is 32.6 Å². The Morgan fingerprint density at radius 3 is 2.49 bits per heavy atom. The molecule has 7 atom stereocenters. The lowest BCUT2D eigenvalue weighted by molar-refractivity contribution is -0.925. The lowest BCUT2D eigenvalue weighted by Crippen LogP contribution is -2.65. The van der Waals surface area contributed by atoms with Crippen LogP contribution in [0.2, 0.25) is 18.1 Å². The van der Waals surface area contributed by atoms with E-state index in [4.69, 9.17) is 27.4 Å². The fraction of sp³-hybridized carbons (Fsp3) is 0.559. The summed E-state index contributed by atoms with van der Waals surface area (Å²) >= 11 is 0. The molecule has 3 aliphatic rings. The molecule has 2 radical (unpaired) electrons. The van der Waals surface area contributed by atoms with Gasteiger partial charge in [0.25, 0.3) is 5.91 Å². The highest BCUT2D eigenvalue weighted by Crippen LogP contribution is 2.49. The summed E-state index contributed by atoms with van der Waals surface area (Å²) in [5, 5.41) is 1.98. The van der Waals surface area contributed by atoms with Crippen LogP contribution in [0.25, 0.3) is 10.8 Å². The Morgan fingerprint density at radius 1 is 1.15 bits per heavy atom. The van der Waals surface area contributed by atoms with Crippen molar-refractivity contribution in [2.75, 3.05) is 20.2 Å². The number of carbonyl (C=O) groups is 3. The summed E-state index contributed by atoms with van der Waals surface area (Å²) in [5.74, 6) is -0.779. The molecular weight excluding hydrogens is 630 g/mol. The van der Waals surface area contributed by atoms with Crippen LogP contribution in [-0.4, -0.2) is 81.9 Å². The zero-order valence-electron chi connectivity index (χ0n) is 28.5. The Kier molecular flexibility index (Phi) is 10.9. The van der Waals surface area contributed by atoms with Gasteiger partial charge in [-0.15, -0.1) is 0 Å². The molecule has 0 spiro atoms.